The Balaban J connectivity index is 0.000000173. The maximum absolute atomic E-state index is 12.2. The second kappa shape index (κ2) is 12.8. The Morgan fingerprint density at radius 3 is 2.18 bits per heavy atom. The Morgan fingerprint density at radius 1 is 0.868 bits per heavy atom. The first-order chi connectivity index (χ1) is 18.0. The van der Waals surface area contributed by atoms with E-state index >= 15 is 0 Å². The van der Waals surface area contributed by atoms with E-state index in [9.17, 15) is 14.9 Å². The summed E-state index contributed by atoms with van der Waals surface area (Å²) in [5, 5.41) is 12.1. The maximum Gasteiger partial charge on any atom is 2.00 e. The number of hydrogen-bond acceptors (Lipinski definition) is 5. The van der Waals surface area contributed by atoms with Gasteiger partial charge >= 0.3 is 17.1 Å². The molecule has 2 aromatic heterocycles. The molecule has 10 radical (unpaired) electrons. The molecule has 2 heterocycles. The van der Waals surface area contributed by atoms with Crippen LogP contribution in [0, 0.1) is 80.2 Å². The minimum atomic E-state index is -0.332. The largest absolute Gasteiger partial charge is 2.00 e. The van der Waals surface area contributed by atoms with Crippen molar-refractivity contribution in [1.29, 1.82) is 0 Å². The van der Waals surface area contributed by atoms with Crippen LogP contribution in [0.15, 0.2) is 66.9 Å². The van der Waals surface area contributed by atoms with Crippen LogP contribution in [0.25, 0.3) is 10.9 Å². The monoisotopic (exact) mass is 558 g/mol. The quantitative estimate of drug-likeness (QED) is 0.115. The summed E-state index contributed by atoms with van der Waals surface area (Å²) in [7, 11) is 0. The van der Waals surface area contributed by atoms with E-state index in [0.717, 1.165) is 37.7 Å². The van der Waals surface area contributed by atoms with Crippen molar-refractivity contribution in [2.45, 2.75) is 6.92 Å². The molecule has 0 saturated heterocycles. The van der Waals surface area contributed by atoms with E-state index in [1.807, 2.05) is 94.0 Å². The summed E-state index contributed by atoms with van der Waals surface area (Å²) in [4.78, 5) is 29.5. The average Bonchev–Trinajstić information content (AvgIpc) is 3.72. The van der Waals surface area contributed by atoms with Crippen molar-refractivity contribution in [2.75, 3.05) is 0 Å². The van der Waals surface area contributed by atoms with E-state index in [0.29, 0.717) is 5.56 Å². The summed E-state index contributed by atoms with van der Waals surface area (Å²) in [6.45, 7) is 1.84. The molecule has 2 saturated carbocycles. The minimum Gasteiger partial charge on any atom is -0.288 e. The van der Waals surface area contributed by atoms with Gasteiger partial charge in [-0.25, -0.2) is 0 Å². The van der Waals surface area contributed by atoms with E-state index in [1.165, 1.54) is 5.92 Å². The van der Waals surface area contributed by atoms with E-state index in [2.05, 4.69) is 17.8 Å². The zero-order valence-corrected chi connectivity index (χ0v) is 22.3. The van der Waals surface area contributed by atoms with Gasteiger partial charge in [0, 0.05) is 45.5 Å². The van der Waals surface area contributed by atoms with Crippen molar-refractivity contribution in [2.24, 2.45) is 0 Å². The number of carbonyl (C=O) groups is 1. The van der Waals surface area contributed by atoms with Gasteiger partial charge in [0.25, 0.3) is 5.69 Å². The molecule has 0 N–H and O–H groups in total. The van der Waals surface area contributed by atoms with Gasteiger partial charge in [0.2, 0.25) is 5.78 Å². The molecule has 0 spiro atoms. The molecular formula is C31H22FeN2O3S+2. The number of pyridine rings is 1. The third-order valence-electron chi connectivity index (χ3n) is 6.02. The third-order valence-corrected chi connectivity index (χ3v) is 7.15. The smallest absolute Gasteiger partial charge is 0.288 e. The molecular weight excluding hydrogens is 536 g/mol. The van der Waals surface area contributed by atoms with E-state index in [4.69, 9.17) is 0 Å². The summed E-state index contributed by atoms with van der Waals surface area (Å²) in [6, 6.07) is 18.6. The van der Waals surface area contributed by atoms with Gasteiger partial charge in [-0.05, 0) is 82.1 Å². The number of ketones is 1. The normalized spacial score (nSPS) is 15.6. The van der Waals surface area contributed by atoms with E-state index in [-0.39, 0.29) is 33.5 Å². The van der Waals surface area contributed by atoms with E-state index in [1.54, 1.807) is 29.7 Å². The fraction of sp³-hybridized carbons (Fsp3) is 0.0323. The van der Waals surface area contributed by atoms with Crippen LogP contribution in [0.3, 0.4) is 0 Å². The SMILES string of the molecule is Cc1cc([N+](=O)[O-])c([C]2[CH][CH][CH][CH]2)c2cccnc12.O=C(c1ccccc1)c1ccc([C]2[CH][CH][CH][CH]2)s1.[Fe+2]. The van der Waals surface area contributed by atoms with Crippen LogP contribution in [0.1, 0.15) is 31.2 Å². The maximum atomic E-state index is 12.2. The van der Waals surface area contributed by atoms with Gasteiger partial charge in [-0.3, -0.25) is 19.9 Å². The van der Waals surface area contributed by atoms with Crippen LogP contribution in [-0.4, -0.2) is 15.7 Å². The molecule has 5 nitrogen and oxygen atoms in total. The van der Waals surface area contributed by atoms with Crippen molar-refractivity contribution >= 4 is 33.7 Å². The number of hydrogen-bond donors (Lipinski definition) is 0. The average molecular weight is 558 g/mol. The van der Waals surface area contributed by atoms with Gasteiger partial charge in [-0.2, -0.15) is 0 Å². The van der Waals surface area contributed by atoms with Crippen molar-refractivity contribution in [1.82, 2.24) is 4.98 Å². The number of aryl methyl sites for hydroxylation is 1. The first-order valence-electron chi connectivity index (χ1n) is 11.7. The van der Waals surface area contributed by atoms with Crippen LogP contribution in [0.4, 0.5) is 5.69 Å². The predicted octanol–water partition coefficient (Wildman–Crippen LogP) is 6.93. The molecule has 186 valence electrons. The fourth-order valence-corrected chi connectivity index (χ4v) is 5.25. The van der Waals surface area contributed by atoms with Crippen LogP contribution in [0.2, 0.25) is 0 Å². The molecule has 6 rings (SSSR count). The Bertz CT molecular complexity index is 1410. The zero-order valence-electron chi connectivity index (χ0n) is 20.4. The number of benzene rings is 2. The molecule has 2 fully saturated rings. The van der Waals surface area contributed by atoms with E-state index < -0.39 is 0 Å². The summed E-state index contributed by atoms with van der Waals surface area (Å²) in [5.41, 5.74) is 3.14. The summed E-state index contributed by atoms with van der Waals surface area (Å²) in [6.07, 6.45) is 17.3. The second-order valence-electron chi connectivity index (χ2n) is 8.45. The summed E-state index contributed by atoms with van der Waals surface area (Å²) >= 11 is 1.54. The molecule has 0 aliphatic heterocycles. The topological polar surface area (TPSA) is 73.1 Å². The molecule has 2 aliphatic rings. The Morgan fingerprint density at radius 2 is 1.53 bits per heavy atom. The fourth-order valence-electron chi connectivity index (χ4n) is 4.28. The van der Waals surface area contributed by atoms with Gasteiger partial charge in [-0.1, -0.05) is 36.4 Å². The molecule has 0 atom stereocenters. The number of carbonyl (C=O) groups excluding carboxylic acids is 1. The first-order valence-corrected chi connectivity index (χ1v) is 12.5. The molecule has 0 unspecified atom stereocenters. The van der Waals surface area contributed by atoms with Gasteiger partial charge < -0.3 is 0 Å². The van der Waals surface area contributed by atoms with Crippen molar-refractivity contribution in [3.05, 3.63) is 167 Å². The van der Waals surface area contributed by atoms with Gasteiger partial charge in [0.1, 0.15) is 0 Å². The number of nitro benzene ring substituents is 1. The number of thiophene rings is 1. The molecule has 7 heteroatoms. The van der Waals surface area contributed by atoms with Gasteiger partial charge in [0.05, 0.1) is 15.3 Å². The zero-order chi connectivity index (χ0) is 25.8. The molecule has 0 amide bonds. The number of rotatable bonds is 5. The molecule has 4 aromatic rings. The summed E-state index contributed by atoms with van der Waals surface area (Å²) in [5.74, 6) is 2.12. The molecule has 2 aromatic carbocycles. The standard InChI is InChI=1S/C16H11OS.C15H11N2O2.Fe/c17-16(13-8-2-1-3-9-13)15-11-10-14(18-15)12-6-4-5-7-12;1-10-9-13(17(18)19)14(11-5-2-3-6-11)12-7-4-8-16-15(10)12;/h1-11H;2-9H,1H3;/q;;+2. The first kappa shape index (κ1) is 28.2. The summed E-state index contributed by atoms with van der Waals surface area (Å²) < 4.78 is 0. The number of nitro groups is 1. The number of aromatic nitrogens is 1. The van der Waals surface area contributed by atoms with Crippen LogP contribution in [0.5, 0.6) is 0 Å². The predicted molar refractivity (Wildman–Crippen MR) is 146 cm³/mol. The van der Waals surface area contributed by atoms with Crippen molar-refractivity contribution in [3.8, 4) is 0 Å². The Labute approximate surface area is 238 Å². The Hall–Kier alpha value is -2.86. The number of nitrogens with zero attached hydrogens (tertiary/aromatic N) is 2. The van der Waals surface area contributed by atoms with Crippen molar-refractivity contribution in [3.63, 3.8) is 0 Å². The Kier molecular flexibility index (Phi) is 9.48. The molecule has 0 bridgehead atoms. The number of fused-ring (bicyclic) bond motifs is 1. The van der Waals surface area contributed by atoms with Crippen LogP contribution < -0.4 is 0 Å². The molecule has 38 heavy (non-hydrogen) atoms. The van der Waals surface area contributed by atoms with Gasteiger partial charge in [-0.15, -0.1) is 11.3 Å². The third kappa shape index (κ3) is 6.06. The van der Waals surface area contributed by atoms with Gasteiger partial charge in [0.15, 0.2) is 0 Å². The second-order valence-corrected chi connectivity index (χ2v) is 9.53. The van der Waals surface area contributed by atoms with Crippen LogP contribution in [-0.2, 0) is 17.1 Å². The van der Waals surface area contributed by atoms with Crippen molar-refractivity contribution < 1.29 is 26.8 Å². The van der Waals surface area contributed by atoms with Crippen LogP contribution >= 0.6 is 11.3 Å². The molecule has 2 aliphatic carbocycles. The minimum absolute atomic E-state index is 0.